The summed E-state index contributed by atoms with van der Waals surface area (Å²) in [5, 5.41) is 2.87. The van der Waals surface area contributed by atoms with Crippen molar-refractivity contribution < 1.29 is 19.1 Å². The van der Waals surface area contributed by atoms with E-state index in [4.69, 9.17) is 9.47 Å². The quantitative estimate of drug-likeness (QED) is 0.724. The molecular formula is C23H26N2O4. The number of ether oxygens (including phenoxy) is 2. The molecule has 2 aromatic rings. The molecule has 0 radical (unpaired) electrons. The lowest BCUT2D eigenvalue weighted by Crippen LogP contribution is -2.34. The van der Waals surface area contributed by atoms with E-state index in [9.17, 15) is 9.59 Å². The number of carbonyl (C=O) groups is 2. The van der Waals surface area contributed by atoms with Crippen LogP contribution in [-0.2, 0) is 16.1 Å². The second-order valence-electron chi connectivity index (χ2n) is 6.91. The largest absolute Gasteiger partial charge is 0.493 e. The molecule has 1 heterocycles. The number of likely N-dealkylation sites (tertiary alicyclic amines) is 1. The number of anilines is 1. The maximum atomic E-state index is 12.3. The molecule has 0 unspecified atom stereocenters. The molecule has 0 aliphatic carbocycles. The van der Waals surface area contributed by atoms with Gasteiger partial charge in [0.05, 0.1) is 14.2 Å². The van der Waals surface area contributed by atoms with Crippen molar-refractivity contribution in [3.63, 3.8) is 0 Å². The maximum absolute atomic E-state index is 12.3. The Hall–Kier alpha value is -3.28. The lowest BCUT2D eigenvalue weighted by atomic mass is 10.1. The maximum Gasteiger partial charge on any atom is 0.248 e. The molecule has 3 rings (SSSR count). The van der Waals surface area contributed by atoms with Gasteiger partial charge in [0, 0.05) is 31.3 Å². The Balaban J connectivity index is 1.62. The van der Waals surface area contributed by atoms with Crippen LogP contribution in [0.2, 0.25) is 0 Å². The Labute approximate surface area is 171 Å². The lowest BCUT2D eigenvalue weighted by Gasteiger charge is -2.26. The molecule has 2 aromatic carbocycles. The highest BCUT2D eigenvalue weighted by Crippen LogP contribution is 2.28. The zero-order valence-electron chi connectivity index (χ0n) is 16.8. The molecule has 0 bridgehead atoms. The number of nitrogens with one attached hydrogen (secondary N) is 1. The van der Waals surface area contributed by atoms with Crippen LogP contribution in [0.3, 0.4) is 0 Å². The first kappa shape index (κ1) is 20.5. The van der Waals surface area contributed by atoms with E-state index in [-0.39, 0.29) is 11.8 Å². The molecular weight excluding hydrogens is 368 g/mol. The van der Waals surface area contributed by atoms with Crippen LogP contribution >= 0.6 is 0 Å². The summed E-state index contributed by atoms with van der Waals surface area (Å²) >= 11 is 0. The number of piperidine rings is 1. The van der Waals surface area contributed by atoms with Gasteiger partial charge in [-0.25, -0.2) is 0 Å². The molecule has 1 aliphatic heterocycles. The summed E-state index contributed by atoms with van der Waals surface area (Å²) in [6.07, 6.45) is 5.83. The number of nitrogens with zero attached hydrogens (tertiary/aromatic N) is 1. The van der Waals surface area contributed by atoms with Gasteiger partial charge < -0.3 is 19.7 Å². The second kappa shape index (κ2) is 9.78. The number of benzene rings is 2. The molecule has 0 aromatic heterocycles. The molecule has 2 amide bonds. The summed E-state index contributed by atoms with van der Waals surface area (Å²) in [5.41, 5.74) is 2.53. The number of hydrogen-bond acceptors (Lipinski definition) is 4. The topological polar surface area (TPSA) is 67.9 Å². The summed E-state index contributed by atoms with van der Waals surface area (Å²) in [4.78, 5) is 26.2. The van der Waals surface area contributed by atoms with E-state index in [0.717, 1.165) is 30.5 Å². The lowest BCUT2D eigenvalue weighted by molar-refractivity contribution is -0.133. The van der Waals surface area contributed by atoms with Crippen molar-refractivity contribution in [1.29, 1.82) is 0 Å². The van der Waals surface area contributed by atoms with Crippen molar-refractivity contribution in [1.82, 2.24) is 4.90 Å². The average Bonchev–Trinajstić information content (AvgIpc) is 2.74. The van der Waals surface area contributed by atoms with Crippen LogP contribution in [0.25, 0.3) is 6.08 Å². The minimum absolute atomic E-state index is 0.198. The molecule has 0 spiro atoms. The zero-order valence-corrected chi connectivity index (χ0v) is 16.8. The molecule has 29 heavy (non-hydrogen) atoms. The van der Waals surface area contributed by atoms with E-state index in [1.807, 2.05) is 35.2 Å². The van der Waals surface area contributed by atoms with Crippen molar-refractivity contribution >= 4 is 23.6 Å². The fourth-order valence-electron chi connectivity index (χ4n) is 3.31. The van der Waals surface area contributed by atoms with Crippen LogP contribution in [0.1, 0.15) is 30.4 Å². The minimum atomic E-state index is -0.231. The summed E-state index contributed by atoms with van der Waals surface area (Å²) < 4.78 is 10.5. The third kappa shape index (κ3) is 5.60. The summed E-state index contributed by atoms with van der Waals surface area (Å²) in [6, 6.07) is 13.0. The summed E-state index contributed by atoms with van der Waals surface area (Å²) in [5.74, 6) is 1.21. The van der Waals surface area contributed by atoms with Crippen LogP contribution in [0.15, 0.2) is 48.5 Å². The Kier molecular flexibility index (Phi) is 6.89. The standard InChI is InChI=1S/C23H26N2O4/c1-28-20-11-9-17(15-21(20)29-2)10-12-22(26)24-19-7-5-6-18(14-19)16-25-13-4-3-8-23(25)27/h5-7,9-12,14-15H,3-4,8,13,16H2,1-2H3,(H,24,26)/b12-10+. The molecule has 6 heteroatoms. The van der Waals surface area contributed by atoms with Crippen LogP contribution < -0.4 is 14.8 Å². The van der Waals surface area contributed by atoms with Gasteiger partial charge in [-0.2, -0.15) is 0 Å². The van der Waals surface area contributed by atoms with Crippen molar-refractivity contribution in [3.05, 3.63) is 59.7 Å². The van der Waals surface area contributed by atoms with Gasteiger partial charge in [-0.05, 0) is 54.3 Å². The van der Waals surface area contributed by atoms with Gasteiger partial charge in [0.15, 0.2) is 11.5 Å². The summed E-state index contributed by atoms with van der Waals surface area (Å²) in [6.45, 7) is 1.37. The molecule has 0 saturated carbocycles. The van der Waals surface area contributed by atoms with Gasteiger partial charge in [0.25, 0.3) is 0 Å². The number of amides is 2. The van der Waals surface area contributed by atoms with Crippen molar-refractivity contribution in [2.24, 2.45) is 0 Å². The van der Waals surface area contributed by atoms with E-state index in [1.54, 1.807) is 32.4 Å². The predicted octanol–water partition coefficient (Wildman–Crippen LogP) is 3.87. The van der Waals surface area contributed by atoms with Crippen molar-refractivity contribution in [2.45, 2.75) is 25.8 Å². The fourth-order valence-corrected chi connectivity index (χ4v) is 3.31. The second-order valence-corrected chi connectivity index (χ2v) is 6.91. The Morgan fingerprint density at radius 1 is 1.10 bits per heavy atom. The molecule has 1 fully saturated rings. The van der Waals surface area contributed by atoms with Gasteiger partial charge in [0.1, 0.15) is 0 Å². The van der Waals surface area contributed by atoms with Crippen LogP contribution in [0, 0.1) is 0 Å². The van der Waals surface area contributed by atoms with Gasteiger partial charge in [-0.1, -0.05) is 18.2 Å². The SMILES string of the molecule is COc1ccc(/C=C/C(=O)Nc2cccc(CN3CCCCC3=O)c2)cc1OC. The van der Waals surface area contributed by atoms with E-state index in [0.29, 0.717) is 30.2 Å². The van der Waals surface area contributed by atoms with E-state index < -0.39 is 0 Å². The first-order chi connectivity index (χ1) is 14.1. The highest BCUT2D eigenvalue weighted by atomic mass is 16.5. The summed E-state index contributed by atoms with van der Waals surface area (Å²) in [7, 11) is 3.15. The monoisotopic (exact) mass is 394 g/mol. The first-order valence-electron chi connectivity index (χ1n) is 9.67. The minimum Gasteiger partial charge on any atom is -0.493 e. The van der Waals surface area contributed by atoms with Crippen LogP contribution in [-0.4, -0.2) is 37.5 Å². The fraction of sp³-hybridized carbons (Fsp3) is 0.304. The molecule has 0 atom stereocenters. The number of methoxy groups -OCH3 is 2. The highest BCUT2D eigenvalue weighted by Gasteiger charge is 2.18. The highest BCUT2D eigenvalue weighted by molar-refractivity contribution is 6.02. The van der Waals surface area contributed by atoms with Crippen molar-refractivity contribution in [3.8, 4) is 11.5 Å². The van der Waals surface area contributed by atoms with Gasteiger partial charge >= 0.3 is 0 Å². The van der Waals surface area contributed by atoms with Crippen LogP contribution in [0.5, 0.6) is 11.5 Å². The Morgan fingerprint density at radius 3 is 2.69 bits per heavy atom. The third-order valence-corrected chi connectivity index (χ3v) is 4.82. The number of rotatable bonds is 7. The number of carbonyl (C=O) groups excluding carboxylic acids is 2. The molecule has 152 valence electrons. The molecule has 1 saturated heterocycles. The molecule has 1 N–H and O–H groups in total. The van der Waals surface area contributed by atoms with Crippen LogP contribution in [0.4, 0.5) is 5.69 Å². The Bertz CT molecular complexity index is 908. The molecule has 6 nitrogen and oxygen atoms in total. The smallest absolute Gasteiger partial charge is 0.248 e. The Morgan fingerprint density at radius 2 is 1.93 bits per heavy atom. The molecule has 1 aliphatic rings. The van der Waals surface area contributed by atoms with E-state index in [1.165, 1.54) is 6.08 Å². The predicted molar refractivity (Wildman–Crippen MR) is 113 cm³/mol. The number of hydrogen-bond donors (Lipinski definition) is 1. The average molecular weight is 394 g/mol. The third-order valence-electron chi connectivity index (χ3n) is 4.82. The van der Waals surface area contributed by atoms with Gasteiger partial charge in [0.2, 0.25) is 11.8 Å². The van der Waals surface area contributed by atoms with Crippen molar-refractivity contribution in [2.75, 3.05) is 26.1 Å². The van der Waals surface area contributed by atoms with Gasteiger partial charge in [-0.15, -0.1) is 0 Å². The first-order valence-corrected chi connectivity index (χ1v) is 9.67. The van der Waals surface area contributed by atoms with Gasteiger partial charge in [-0.3, -0.25) is 9.59 Å². The van der Waals surface area contributed by atoms with E-state index in [2.05, 4.69) is 5.32 Å². The van der Waals surface area contributed by atoms with E-state index >= 15 is 0 Å². The zero-order chi connectivity index (χ0) is 20.6. The normalized spacial score (nSPS) is 14.1.